The highest BCUT2D eigenvalue weighted by Gasteiger charge is 2.33. The normalized spacial score (nSPS) is 13.8. The third kappa shape index (κ3) is 6.21. The van der Waals surface area contributed by atoms with E-state index in [1.165, 1.54) is 10.8 Å². The Kier molecular flexibility index (Phi) is 9.16. The van der Waals surface area contributed by atoms with Crippen LogP contribution in [0.5, 0.6) is 0 Å². The van der Waals surface area contributed by atoms with Crippen LogP contribution in [-0.4, -0.2) is 23.7 Å². The number of hydrogen-bond acceptors (Lipinski definition) is 3. The summed E-state index contributed by atoms with van der Waals surface area (Å²) in [7, 11) is -3.31. The van der Waals surface area contributed by atoms with Gasteiger partial charge in [0.15, 0.2) is 7.14 Å². The van der Waals surface area contributed by atoms with Gasteiger partial charge in [0.1, 0.15) is 11.6 Å². The molecule has 0 saturated heterocycles. The maximum atomic E-state index is 16.1. The molecule has 7 aromatic carbocycles. The van der Waals surface area contributed by atoms with Gasteiger partial charge in [-0.2, -0.15) is 0 Å². The summed E-state index contributed by atoms with van der Waals surface area (Å²) in [6, 6.07) is 73.8. The molecular formula is C60H42N5OP. The van der Waals surface area contributed by atoms with Crippen molar-refractivity contribution in [3.05, 3.63) is 236 Å². The Balaban J connectivity index is 1.16. The van der Waals surface area contributed by atoms with Crippen LogP contribution >= 0.6 is 7.14 Å². The smallest absolute Gasteiger partial charge is 0.170 e. The Morgan fingerprint density at radius 3 is 1.49 bits per heavy atom. The number of nitrogens with zero attached hydrogens (tertiary/aromatic N) is 5. The van der Waals surface area contributed by atoms with Gasteiger partial charge in [-0.3, -0.25) is 9.13 Å². The van der Waals surface area contributed by atoms with E-state index in [0.717, 1.165) is 112 Å². The molecule has 0 bridgehead atoms. The standard InChI is InChI=1S/C60H42N5OP/c66-67(44-23-9-3-10-24-44,45-25-11-4-12-26-45)46-36-38-50-56(40-46)65(58-34-18-30-52(62-58)42-21-7-2-8-22-42)59-49-37-35-43(63-53-31-15-13-27-47(53)48-28-14-16-32-54(48)63)39-55(49)64(60(50)59)57-33-17-29-51(61-57)41-19-5-1-6-20-41/h1-3,5-11,13-40H,4,12H2. The number of para-hydroxylation sites is 2. The number of allylic oxidation sites excluding steroid dienone is 4. The molecule has 1 aliphatic rings. The minimum absolute atomic E-state index is 0.765. The second-order valence-corrected chi connectivity index (χ2v) is 20.0. The summed E-state index contributed by atoms with van der Waals surface area (Å²) >= 11 is 0. The third-order valence-electron chi connectivity index (χ3n) is 13.4. The lowest BCUT2D eigenvalue weighted by Crippen LogP contribution is -2.18. The van der Waals surface area contributed by atoms with E-state index in [1.807, 2.05) is 54.6 Å². The van der Waals surface area contributed by atoms with Crippen molar-refractivity contribution in [2.45, 2.75) is 12.8 Å². The first kappa shape index (κ1) is 39.1. The van der Waals surface area contributed by atoms with Gasteiger partial charge in [-0.05, 0) is 79.6 Å². The Morgan fingerprint density at radius 2 is 0.925 bits per heavy atom. The zero-order chi connectivity index (χ0) is 44.5. The van der Waals surface area contributed by atoms with Crippen molar-refractivity contribution in [1.82, 2.24) is 23.7 Å². The van der Waals surface area contributed by atoms with Gasteiger partial charge in [0.2, 0.25) is 0 Å². The third-order valence-corrected chi connectivity index (χ3v) is 16.4. The van der Waals surface area contributed by atoms with Crippen molar-refractivity contribution in [3.63, 3.8) is 0 Å². The van der Waals surface area contributed by atoms with Crippen LogP contribution in [0.1, 0.15) is 12.8 Å². The molecule has 1 unspecified atom stereocenters. The lowest BCUT2D eigenvalue weighted by Gasteiger charge is -2.23. The average molecular weight is 880 g/mol. The maximum Gasteiger partial charge on any atom is 0.170 e. The lowest BCUT2D eigenvalue weighted by atomic mass is 10.1. The molecular weight excluding hydrogens is 838 g/mol. The molecule has 6 nitrogen and oxygen atoms in total. The van der Waals surface area contributed by atoms with Gasteiger partial charge in [0.25, 0.3) is 0 Å². The van der Waals surface area contributed by atoms with E-state index in [1.54, 1.807) is 0 Å². The average Bonchev–Trinajstić information content (AvgIpc) is 4.04. The van der Waals surface area contributed by atoms with Crippen molar-refractivity contribution in [2.75, 3.05) is 0 Å². The predicted molar refractivity (Wildman–Crippen MR) is 278 cm³/mol. The largest absolute Gasteiger partial charge is 0.309 e. The summed E-state index contributed by atoms with van der Waals surface area (Å²) in [5.41, 5.74) is 11.1. The number of rotatable bonds is 8. The van der Waals surface area contributed by atoms with Gasteiger partial charge < -0.3 is 9.13 Å². The predicted octanol–water partition coefficient (Wildman–Crippen LogP) is 14.5. The van der Waals surface area contributed by atoms with Crippen LogP contribution in [0.25, 0.3) is 94.5 Å². The Morgan fingerprint density at radius 1 is 0.403 bits per heavy atom. The molecule has 67 heavy (non-hydrogen) atoms. The fourth-order valence-electron chi connectivity index (χ4n) is 10.3. The van der Waals surface area contributed by atoms with Crippen LogP contribution in [-0.2, 0) is 4.57 Å². The van der Waals surface area contributed by atoms with Crippen molar-refractivity contribution >= 4 is 72.4 Å². The summed E-state index contributed by atoms with van der Waals surface area (Å²) < 4.78 is 23.1. The number of hydrogen-bond donors (Lipinski definition) is 0. The molecule has 12 aromatic rings. The molecule has 0 spiro atoms. The minimum Gasteiger partial charge on any atom is -0.309 e. The minimum atomic E-state index is -3.31. The maximum absolute atomic E-state index is 16.1. The molecule has 0 N–H and O–H groups in total. The molecule has 5 aromatic heterocycles. The van der Waals surface area contributed by atoms with Gasteiger partial charge in [-0.15, -0.1) is 0 Å². The summed E-state index contributed by atoms with van der Waals surface area (Å²) in [5, 5.41) is 6.92. The summed E-state index contributed by atoms with van der Waals surface area (Å²) in [6.45, 7) is 0. The van der Waals surface area contributed by atoms with Crippen LogP contribution in [0.2, 0.25) is 0 Å². The summed E-state index contributed by atoms with van der Waals surface area (Å²) in [6.07, 6.45) is 8.18. The van der Waals surface area contributed by atoms with Crippen molar-refractivity contribution in [3.8, 4) is 39.8 Å². The molecule has 0 aliphatic heterocycles. The fourth-order valence-corrected chi connectivity index (χ4v) is 13.1. The highest BCUT2D eigenvalue weighted by molar-refractivity contribution is 7.82. The number of fused-ring (bicyclic) bond motifs is 8. The molecule has 7 heteroatoms. The van der Waals surface area contributed by atoms with E-state index >= 15 is 4.57 Å². The van der Waals surface area contributed by atoms with Gasteiger partial charge in [-0.1, -0.05) is 164 Å². The molecule has 0 fully saturated rings. The fraction of sp³-hybridized carbons (Fsp3) is 0.0333. The van der Waals surface area contributed by atoms with Crippen molar-refractivity contribution in [1.29, 1.82) is 0 Å². The molecule has 5 heterocycles. The van der Waals surface area contributed by atoms with E-state index < -0.39 is 7.14 Å². The van der Waals surface area contributed by atoms with Crippen molar-refractivity contribution < 1.29 is 4.57 Å². The molecule has 0 amide bonds. The number of aromatic nitrogens is 5. The highest BCUT2D eigenvalue weighted by atomic mass is 31.2. The topological polar surface area (TPSA) is 57.6 Å². The first-order chi connectivity index (χ1) is 33.1. The van der Waals surface area contributed by atoms with E-state index in [-0.39, 0.29) is 0 Å². The van der Waals surface area contributed by atoms with E-state index in [2.05, 4.69) is 190 Å². The second-order valence-electron chi connectivity index (χ2n) is 17.2. The quantitative estimate of drug-likeness (QED) is 0.143. The summed E-state index contributed by atoms with van der Waals surface area (Å²) in [5.74, 6) is 1.56. The lowest BCUT2D eigenvalue weighted by molar-refractivity contribution is 0.591. The molecule has 318 valence electrons. The van der Waals surface area contributed by atoms with E-state index in [4.69, 9.17) is 9.97 Å². The highest BCUT2D eigenvalue weighted by Crippen LogP contribution is 2.54. The number of pyridine rings is 2. The Hall–Kier alpha value is -8.31. The van der Waals surface area contributed by atoms with Gasteiger partial charge in [0, 0.05) is 54.3 Å². The first-order valence-corrected chi connectivity index (χ1v) is 24.5. The summed E-state index contributed by atoms with van der Waals surface area (Å²) in [4.78, 5) is 10.9. The van der Waals surface area contributed by atoms with Crippen LogP contribution in [0.4, 0.5) is 0 Å². The molecule has 0 radical (unpaired) electrons. The van der Waals surface area contributed by atoms with Gasteiger partial charge in [0.05, 0.1) is 44.5 Å². The van der Waals surface area contributed by atoms with Crippen molar-refractivity contribution in [2.24, 2.45) is 0 Å². The Labute approximate surface area is 387 Å². The van der Waals surface area contributed by atoms with E-state index in [0.29, 0.717) is 0 Å². The first-order valence-electron chi connectivity index (χ1n) is 22.8. The van der Waals surface area contributed by atoms with Gasteiger partial charge >= 0.3 is 0 Å². The number of benzene rings is 7. The van der Waals surface area contributed by atoms with Crippen LogP contribution in [0.15, 0.2) is 236 Å². The zero-order valence-corrected chi connectivity index (χ0v) is 37.3. The molecule has 1 atom stereocenters. The van der Waals surface area contributed by atoms with Gasteiger partial charge in [-0.25, -0.2) is 9.97 Å². The van der Waals surface area contributed by atoms with Crippen LogP contribution < -0.4 is 10.6 Å². The zero-order valence-electron chi connectivity index (χ0n) is 36.4. The SMILES string of the molecule is O=P(C1=CCCC=C1)(c1ccccc1)c1ccc2c(c1)n(-c1cccc(-c3ccccc3)n1)c1c3ccc(-n4c5ccccc5c5ccccc54)cc3n(-c3cccc(-c4ccccc4)n3)c21. The van der Waals surface area contributed by atoms with E-state index in [9.17, 15) is 0 Å². The molecule has 1 aliphatic carbocycles. The molecule has 0 saturated carbocycles. The van der Waals surface area contributed by atoms with Crippen LogP contribution in [0, 0.1) is 0 Å². The monoisotopic (exact) mass is 879 g/mol. The Bertz CT molecular complexity index is 3960. The second kappa shape index (κ2) is 15.7. The van der Waals surface area contributed by atoms with Crippen LogP contribution in [0.3, 0.4) is 0 Å². The molecule has 13 rings (SSSR count).